The van der Waals surface area contributed by atoms with Gasteiger partial charge in [-0.05, 0) is 50.6 Å². The zero-order chi connectivity index (χ0) is 13.0. The largest absolute Gasteiger partial charge is 0.394 e. The first kappa shape index (κ1) is 13.8. The lowest BCUT2D eigenvalue weighted by Gasteiger charge is -2.27. The Morgan fingerprint density at radius 1 is 1.44 bits per heavy atom. The molecule has 0 aromatic carbocycles. The van der Waals surface area contributed by atoms with Crippen molar-refractivity contribution in [1.82, 2.24) is 10.2 Å². The van der Waals surface area contributed by atoms with Crippen LogP contribution in [0.5, 0.6) is 0 Å². The molecule has 2 rings (SSSR count). The number of rotatable bonds is 4. The number of likely N-dealkylation sites (tertiary alicyclic amines) is 1. The monoisotopic (exact) mass is 254 g/mol. The molecule has 2 aliphatic rings. The van der Waals surface area contributed by atoms with Gasteiger partial charge in [-0.3, -0.25) is 4.79 Å². The molecule has 1 amide bonds. The second-order valence-corrected chi connectivity index (χ2v) is 5.85. The predicted molar refractivity (Wildman–Crippen MR) is 71.2 cm³/mol. The number of amides is 1. The van der Waals surface area contributed by atoms with Crippen LogP contribution >= 0.6 is 0 Å². The fraction of sp³-hybridized carbons (Fsp3) is 0.929. The minimum Gasteiger partial charge on any atom is -0.394 e. The maximum absolute atomic E-state index is 12.2. The number of carbonyl (C=O) groups excluding carboxylic acids is 1. The van der Waals surface area contributed by atoms with E-state index in [9.17, 15) is 9.90 Å². The minimum atomic E-state index is 0.0574. The van der Waals surface area contributed by atoms with Crippen molar-refractivity contribution >= 4 is 5.91 Å². The van der Waals surface area contributed by atoms with Crippen molar-refractivity contribution in [3.8, 4) is 0 Å². The van der Waals surface area contributed by atoms with Crippen LogP contribution in [0.1, 0.15) is 39.0 Å². The molecule has 0 aliphatic carbocycles. The molecule has 0 radical (unpaired) electrons. The third-order valence-electron chi connectivity index (χ3n) is 4.56. The first-order valence-electron chi connectivity index (χ1n) is 7.33. The van der Waals surface area contributed by atoms with Gasteiger partial charge in [0.15, 0.2) is 0 Å². The molecule has 0 spiro atoms. The SMILES string of the molecule is CC1CCN(C(=O)CCC2CCCNC2)C1CO. The highest BCUT2D eigenvalue weighted by atomic mass is 16.3. The van der Waals surface area contributed by atoms with Crippen LogP contribution in [0.4, 0.5) is 0 Å². The Hall–Kier alpha value is -0.610. The quantitative estimate of drug-likeness (QED) is 0.787. The van der Waals surface area contributed by atoms with E-state index in [1.807, 2.05) is 4.90 Å². The summed E-state index contributed by atoms with van der Waals surface area (Å²) in [5.41, 5.74) is 0. The van der Waals surface area contributed by atoms with Gasteiger partial charge in [0.1, 0.15) is 0 Å². The van der Waals surface area contributed by atoms with Crippen molar-refractivity contribution in [3.05, 3.63) is 0 Å². The number of nitrogens with zero attached hydrogens (tertiary/aromatic N) is 1. The molecule has 4 heteroatoms. The average Bonchev–Trinajstić information content (AvgIpc) is 2.78. The second-order valence-electron chi connectivity index (χ2n) is 5.85. The van der Waals surface area contributed by atoms with Crippen LogP contribution in [-0.2, 0) is 4.79 Å². The fourth-order valence-electron chi connectivity index (χ4n) is 3.24. The predicted octanol–water partition coefficient (Wildman–Crippen LogP) is 0.995. The molecule has 0 bridgehead atoms. The molecule has 3 atom stereocenters. The lowest BCUT2D eigenvalue weighted by molar-refractivity contribution is -0.133. The lowest BCUT2D eigenvalue weighted by Crippen LogP contribution is -2.40. The van der Waals surface area contributed by atoms with Gasteiger partial charge in [-0.1, -0.05) is 6.92 Å². The molecule has 2 N–H and O–H groups in total. The van der Waals surface area contributed by atoms with Crippen molar-refractivity contribution < 1.29 is 9.90 Å². The van der Waals surface area contributed by atoms with Crippen LogP contribution in [-0.4, -0.2) is 48.2 Å². The molecule has 2 fully saturated rings. The van der Waals surface area contributed by atoms with E-state index in [-0.39, 0.29) is 18.6 Å². The number of hydrogen-bond donors (Lipinski definition) is 2. The number of hydrogen-bond acceptors (Lipinski definition) is 3. The third-order valence-corrected chi connectivity index (χ3v) is 4.56. The van der Waals surface area contributed by atoms with Gasteiger partial charge >= 0.3 is 0 Å². The molecule has 2 aliphatic heterocycles. The summed E-state index contributed by atoms with van der Waals surface area (Å²) in [5.74, 6) is 1.34. The zero-order valence-corrected chi connectivity index (χ0v) is 11.4. The Bertz CT molecular complexity index is 277. The summed E-state index contributed by atoms with van der Waals surface area (Å²) >= 11 is 0. The van der Waals surface area contributed by atoms with Gasteiger partial charge in [0.2, 0.25) is 5.91 Å². The maximum atomic E-state index is 12.2. The van der Waals surface area contributed by atoms with E-state index in [1.165, 1.54) is 12.8 Å². The van der Waals surface area contributed by atoms with Crippen LogP contribution < -0.4 is 5.32 Å². The van der Waals surface area contributed by atoms with Crippen LogP contribution in [0.3, 0.4) is 0 Å². The molecular weight excluding hydrogens is 228 g/mol. The molecule has 18 heavy (non-hydrogen) atoms. The van der Waals surface area contributed by atoms with Crippen molar-refractivity contribution in [3.63, 3.8) is 0 Å². The first-order valence-corrected chi connectivity index (χ1v) is 7.33. The Morgan fingerprint density at radius 3 is 2.94 bits per heavy atom. The summed E-state index contributed by atoms with van der Waals surface area (Å²) in [7, 11) is 0. The molecule has 2 saturated heterocycles. The molecule has 104 valence electrons. The summed E-state index contributed by atoms with van der Waals surface area (Å²) in [6.07, 6.45) is 5.16. The van der Waals surface area contributed by atoms with Crippen LogP contribution in [0.25, 0.3) is 0 Å². The van der Waals surface area contributed by atoms with E-state index in [2.05, 4.69) is 12.2 Å². The Balaban J connectivity index is 1.77. The smallest absolute Gasteiger partial charge is 0.222 e. The Labute approximate surface area is 110 Å². The van der Waals surface area contributed by atoms with Crippen molar-refractivity contribution in [1.29, 1.82) is 0 Å². The van der Waals surface area contributed by atoms with E-state index < -0.39 is 0 Å². The highest BCUT2D eigenvalue weighted by molar-refractivity contribution is 5.76. The van der Waals surface area contributed by atoms with Crippen molar-refractivity contribution in [2.75, 3.05) is 26.2 Å². The van der Waals surface area contributed by atoms with Gasteiger partial charge in [0.05, 0.1) is 12.6 Å². The van der Waals surface area contributed by atoms with Gasteiger partial charge in [0, 0.05) is 13.0 Å². The summed E-state index contributed by atoms with van der Waals surface area (Å²) in [6.45, 7) is 5.25. The van der Waals surface area contributed by atoms with Gasteiger partial charge in [-0.15, -0.1) is 0 Å². The number of aliphatic hydroxyl groups is 1. The summed E-state index contributed by atoms with van der Waals surface area (Å²) in [4.78, 5) is 14.1. The number of aliphatic hydroxyl groups excluding tert-OH is 1. The third kappa shape index (κ3) is 3.23. The van der Waals surface area contributed by atoms with E-state index in [0.717, 1.165) is 32.5 Å². The van der Waals surface area contributed by atoms with Gasteiger partial charge < -0.3 is 15.3 Å². The summed E-state index contributed by atoms with van der Waals surface area (Å²) < 4.78 is 0. The highest BCUT2D eigenvalue weighted by Crippen LogP contribution is 2.25. The zero-order valence-electron chi connectivity index (χ0n) is 11.4. The first-order chi connectivity index (χ1) is 8.72. The van der Waals surface area contributed by atoms with Crippen molar-refractivity contribution in [2.45, 2.75) is 45.1 Å². The topological polar surface area (TPSA) is 52.6 Å². The highest BCUT2D eigenvalue weighted by Gasteiger charge is 2.33. The average molecular weight is 254 g/mol. The summed E-state index contributed by atoms with van der Waals surface area (Å²) in [5, 5.41) is 12.8. The van der Waals surface area contributed by atoms with Gasteiger partial charge in [-0.25, -0.2) is 0 Å². The Kier molecular flexibility index (Phi) is 5.01. The van der Waals surface area contributed by atoms with Crippen LogP contribution in [0.15, 0.2) is 0 Å². The molecule has 0 aromatic heterocycles. The number of piperidine rings is 1. The standard InChI is InChI=1S/C14H26N2O2/c1-11-6-8-16(13(11)10-17)14(18)5-4-12-3-2-7-15-9-12/h11-13,15,17H,2-10H2,1H3. The maximum Gasteiger partial charge on any atom is 0.222 e. The van der Waals surface area contributed by atoms with E-state index in [1.54, 1.807) is 0 Å². The minimum absolute atomic E-state index is 0.0574. The molecule has 2 heterocycles. The molecule has 0 saturated carbocycles. The Morgan fingerprint density at radius 2 is 2.28 bits per heavy atom. The van der Waals surface area contributed by atoms with Crippen LogP contribution in [0, 0.1) is 11.8 Å². The number of nitrogens with one attached hydrogen (secondary N) is 1. The van der Waals surface area contributed by atoms with E-state index in [4.69, 9.17) is 0 Å². The van der Waals surface area contributed by atoms with Crippen molar-refractivity contribution in [2.24, 2.45) is 11.8 Å². The number of carbonyl (C=O) groups is 1. The van der Waals surface area contributed by atoms with E-state index >= 15 is 0 Å². The molecule has 3 unspecified atom stereocenters. The summed E-state index contributed by atoms with van der Waals surface area (Å²) in [6, 6.07) is 0.0574. The van der Waals surface area contributed by atoms with Crippen LogP contribution in [0.2, 0.25) is 0 Å². The molecule has 0 aromatic rings. The second kappa shape index (κ2) is 6.53. The normalized spacial score (nSPS) is 32.8. The van der Waals surface area contributed by atoms with Gasteiger partial charge in [0.25, 0.3) is 0 Å². The van der Waals surface area contributed by atoms with E-state index in [0.29, 0.717) is 18.3 Å². The van der Waals surface area contributed by atoms with Gasteiger partial charge in [-0.2, -0.15) is 0 Å². The lowest BCUT2D eigenvalue weighted by atomic mass is 9.94. The molecule has 4 nitrogen and oxygen atoms in total. The fourth-order valence-corrected chi connectivity index (χ4v) is 3.24. The molecular formula is C14H26N2O2.